The smallest absolute Gasteiger partial charge is 0.324 e. The van der Waals surface area contributed by atoms with E-state index in [2.05, 4.69) is 5.32 Å². The molecule has 2 aliphatic carbocycles. The van der Waals surface area contributed by atoms with Gasteiger partial charge in [0.2, 0.25) is 0 Å². The number of hydrogen-bond acceptors (Lipinski definition) is 4. The summed E-state index contributed by atoms with van der Waals surface area (Å²) in [6, 6.07) is 9.13. The first-order chi connectivity index (χ1) is 10.4. The van der Waals surface area contributed by atoms with E-state index in [1.165, 1.54) is 0 Å². The van der Waals surface area contributed by atoms with E-state index in [4.69, 9.17) is 0 Å². The second-order valence-corrected chi connectivity index (χ2v) is 6.29. The third-order valence-electron chi connectivity index (χ3n) is 5.06. The number of hydrogen-bond donors (Lipinski definition) is 4. The van der Waals surface area contributed by atoms with E-state index in [0.717, 1.165) is 5.56 Å². The van der Waals surface area contributed by atoms with E-state index in [0.29, 0.717) is 0 Å². The average Bonchev–Trinajstić information content (AvgIpc) is 3.17. The van der Waals surface area contributed by atoms with Gasteiger partial charge >= 0.3 is 11.9 Å². The zero-order chi connectivity index (χ0) is 16.1. The number of carboxylic acid groups (broad SMARTS) is 2. The molecule has 0 radical (unpaired) electrons. The molecule has 0 saturated heterocycles. The molecular weight excluding hydrogens is 286 g/mol. The molecule has 2 saturated carbocycles. The van der Waals surface area contributed by atoms with Crippen LogP contribution in [0.15, 0.2) is 30.3 Å². The number of nitrogens with one attached hydrogen (secondary N) is 1. The average molecular weight is 305 g/mol. The van der Waals surface area contributed by atoms with Crippen LogP contribution in [-0.4, -0.2) is 38.9 Å². The molecular formula is C16H19NO5. The van der Waals surface area contributed by atoms with Crippen molar-refractivity contribution in [1.29, 1.82) is 0 Å². The Morgan fingerprint density at radius 2 is 1.91 bits per heavy atom. The fourth-order valence-corrected chi connectivity index (χ4v) is 4.03. The van der Waals surface area contributed by atoms with Crippen molar-refractivity contribution in [2.24, 2.45) is 17.8 Å². The lowest BCUT2D eigenvalue weighted by Crippen LogP contribution is -2.55. The molecule has 0 aliphatic heterocycles. The molecule has 6 heteroatoms. The zero-order valence-electron chi connectivity index (χ0n) is 12.1. The van der Waals surface area contributed by atoms with Gasteiger partial charge in [-0.2, -0.15) is 0 Å². The van der Waals surface area contributed by atoms with Gasteiger partial charge in [-0.1, -0.05) is 30.3 Å². The van der Waals surface area contributed by atoms with E-state index in [1.54, 1.807) is 0 Å². The Morgan fingerprint density at radius 3 is 2.41 bits per heavy atom. The number of aliphatic carboxylic acids is 2. The van der Waals surface area contributed by atoms with Crippen molar-refractivity contribution in [3.05, 3.63) is 35.9 Å². The molecule has 2 aliphatic rings. The first kappa shape index (κ1) is 15.0. The number of carbonyl (C=O) groups is 2. The van der Waals surface area contributed by atoms with Gasteiger partial charge in [0.1, 0.15) is 5.54 Å². The van der Waals surface area contributed by atoms with Crippen molar-refractivity contribution >= 4 is 11.9 Å². The minimum atomic E-state index is -1.39. The van der Waals surface area contributed by atoms with Crippen LogP contribution in [0.4, 0.5) is 0 Å². The van der Waals surface area contributed by atoms with Crippen LogP contribution >= 0.6 is 0 Å². The SMILES string of the molecule is C[C@@H](N[C@@]1(C(=O)O)C[C@H](O)C2C1[C@H]2C(=O)O)c1ccccc1. The van der Waals surface area contributed by atoms with Gasteiger partial charge in [-0.25, -0.2) is 0 Å². The fourth-order valence-electron chi connectivity index (χ4n) is 4.03. The van der Waals surface area contributed by atoms with Crippen LogP contribution in [0.2, 0.25) is 0 Å². The normalized spacial score (nSPS) is 37.4. The van der Waals surface area contributed by atoms with Crippen molar-refractivity contribution < 1.29 is 24.9 Å². The monoisotopic (exact) mass is 305 g/mol. The Hall–Kier alpha value is -1.92. The molecule has 22 heavy (non-hydrogen) atoms. The van der Waals surface area contributed by atoms with Gasteiger partial charge in [-0.3, -0.25) is 14.9 Å². The summed E-state index contributed by atoms with van der Waals surface area (Å²) in [5.41, 5.74) is -0.462. The Bertz CT molecular complexity index is 604. The minimum absolute atomic E-state index is 0.0403. The van der Waals surface area contributed by atoms with Crippen LogP contribution < -0.4 is 5.32 Å². The summed E-state index contributed by atoms with van der Waals surface area (Å²) in [6.07, 6.45) is -0.851. The number of benzene rings is 1. The molecule has 0 amide bonds. The summed E-state index contributed by atoms with van der Waals surface area (Å²) in [4.78, 5) is 23.1. The predicted molar refractivity (Wildman–Crippen MR) is 77.1 cm³/mol. The van der Waals surface area contributed by atoms with Crippen molar-refractivity contribution in [2.45, 2.75) is 31.0 Å². The zero-order valence-corrected chi connectivity index (χ0v) is 12.1. The summed E-state index contributed by atoms with van der Waals surface area (Å²) in [7, 11) is 0. The molecule has 0 heterocycles. The molecule has 0 bridgehead atoms. The van der Waals surface area contributed by atoms with Crippen molar-refractivity contribution in [1.82, 2.24) is 5.32 Å². The van der Waals surface area contributed by atoms with Gasteiger partial charge in [-0.15, -0.1) is 0 Å². The number of rotatable bonds is 5. The number of fused-ring (bicyclic) bond motifs is 1. The Balaban J connectivity index is 1.88. The highest BCUT2D eigenvalue weighted by Gasteiger charge is 2.75. The maximum Gasteiger partial charge on any atom is 0.324 e. The second-order valence-electron chi connectivity index (χ2n) is 6.29. The molecule has 0 spiro atoms. The summed E-state index contributed by atoms with van der Waals surface area (Å²) >= 11 is 0. The van der Waals surface area contributed by atoms with Crippen LogP contribution in [0.5, 0.6) is 0 Å². The van der Waals surface area contributed by atoms with Crippen molar-refractivity contribution in [3.8, 4) is 0 Å². The van der Waals surface area contributed by atoms with Crippen LogP contribution in [0, 0.1) is 17.8 Å². The third kappa shape index (κ3) is 2.10. The Morgan fingerprint density at radius 1 is 1.27 bits per heavy atom. The summed E-state index contributed by atoms with van der Waals surface area (Å²) in [5, 5.41) is 32.1. The fraction of sp³-hybridized carbons (Fsp3) is 0.500. The second kappa shape index (κ2) is 5.07. The maximum absolute atomic E-state index is 11.9. The Labute approximate surface area is 127 Å². The Kier molecular flexibility index (Phi) is 3.45. The van der Waals surface area contributed by atoms with E-state index in [9.17, 15) is 24.9 Å². The van der Waals surface area contributed by atoms with Gasteiger partial charge in [0, 0.05) is 24.3 Å². The van der Waals surface area contributed by atoms with E-state index in [-0.39, 0.29) is 12.5 Å². The molecule has 2 unspecified atom stereocenters. The first-order valence-corrected chi connectivity index (χ1v) is 7.35. The molecule has 4 N–H and O–H groups in total. The van der Waals surface area contributed by atoms with Gasteiger partial charge in [0.25, 0.3) is 0 Å². The van der Waals surface area contributed by atoms with Gasteiger partial charge in [0.15, 0.2) is 0 Å². The topological polar surface area (TPSA) is 107 Å². The third-order valence-corrected chi connectivity index (χ3v) is 5.06. The van der Waals surface area contributed by atoms with Crippen molar-refractivity contribution in [2.75, 3.05) is 0 Å². The molecule has 6 atom stereocenters. The van der Waals surface area contributed by atoms with Crippen LogP contribution in [0.3, 0.4) is 0 Å². The molecule has 118 valence electrons. The van der Waals surface area contributed by atoms with Crippen LogP contribution in [0.25, 0.3) is 0 Å². The lowest BCUT2D eigenvalue weighted by Gasteiger charge is -2.32. The molecule has 3 rings (SSSR count). The first-order valence-electron chi connectivity index (χ1n) is 7.35. The molecule has 6 nitrogen and oxygen atoms in total. The minimum Gasteiger partial charge on any atom is -0.481 e. The summed E-state index contributed by atoms with van der Waals surface area (Å²) < 4.78 is 0. The lowest BCUT2D eigenvalue weighted by molar-refractivity contribution is -0.148. The van der Waals surface area contributed by atoms with Gasteiger partial charge in [0.05, 0.1) is 12.0 Å². The lowest BCUT2D eigenvalue weighted by atomic mass is 9.88. The van der Waals surface area contributed by atoms with Crippen LogP contribution in [-0.2, 0) is 9.59 Å². The van der Waals surface area contributed by atoms with Crippen LogP contribution in [0.1, 0.15) is 24.9 Å². The van der Waals surface area contributed by atoms with Gasteiger partial charge < -0.3 is 15.3 Å². The summed E-state index contributed by atoms with van der Waals surface area (Å²) in [5.74, 6) is -3.94. The highest BCUT2D eigenvalue weighted by Crippen LogP contribution is 2.62. The molecule has 0 aromatic heterocycles. The molecule has 2 fully saturated rings. The quantitative estimate of drug-likeness (QED) is 0.643. The number of aliphatic hydroxyl groups is 1. The maximum atomic E-state index is 11.9. The van der Waals surface area contributed by atoms with E-state index >= 15 is 0 Å². The largest absolute Gasteiger partial charge is 0.481 e. The highest BCUT2D eigenvalue weighted by atomic mass is 16.4. The molecule has 1 aromatic carbocycles. The van der Waals surface area contributed by atoms with E-state index in [1.807, 2.05) is 37.3 Å². The van der Waals surface area contributed by atoms with Crippen molar-refractivity contribution in [3.63, 3.8) is 0 Å². The van der Waals surface area contributed by atoms with E-state index < -0.39 is 41.3 Å². The summed E-state index contributed by atoms with van der Waals surface area (Å²) in [6.45, 7) is 1.85. The predicted octanol–water partition coefficient (Wildman–Crippen LogP) is 0.872. The standard InChI is InChI=1S/C16H19NO5/c1-8(9-5-3-2-4-6-9)17-16(15(21)22)7-10(18)11-12(13(11)16)14(19)20/h2-6,8,10-13,17-18H,7H2,1H3,(H,19,20)(H,21,22)/t8-,10+,11?,12+,13?,16+/m1/s1. The highest BCUT2D eigenvalue weighted by molar-refractivity contribution is 5.85. The van der Waals surface area contributed by atoms with Gasteiger partial charge in [-0.05, 0) is 12.5 Å². The number of aliphatic hydroxyl groups excluding tert-OH is 1. The number of carboxylic acids is 2. The molecule has 1 aromatic rings.